The lowest BCUT2D eigenvalue weighted by atomic mass is 9.77. The SMILES string of the molecule is O=C1c2ccccc2N[C@@H]2CCCC[C@H]12. The van der Waals surface area contributed by atoms with Crippen molar-refractivity contribution in [1.82, 2.24) is 0 Å². The molecule has 78 valence electrons. The predicted octanol–water partition coefficient (Wildman–Crippen LogP) is 2.85. The van der Waals surface area contributed by atoms with Crippen molar-refractivity contribution < 1.29 is 4.79 Å². The number of hydrogen-bond acceptors (Lipinski definition) is 2. The van der Waals surface area contributed by atoms with Crippen LogP contribution in [0.3, 0.4) is 0 Å². The number of carbonyl (C=O) groups is 1. The van der Waals surface area contributed by atoms with Gasteiger partial charge in [-0.25, -0.2) is 0 Å². The van der Waals surface area contributed by atoms with Gasteiger partial charge in [0.25, 0.3) is 0 Å². The molecule has 2 atom stereocenters. The normalized spacial score (nSPS) is 28.9. The van der Waals surface area contributed by atoms with Gasteiger partial charge in [-0.3, -0.25) is 4.79 Å². The fraction of sp³-hybridized carbons (Fsp3) is 0.462. The first-order valence-electron chi connectivity index (χ1n) is 5.76. The number of Topliss-reactive ketones (excluding diaryl/α,β-unsaturated/α-hetero) is 1. The van der Waals surface area contributed by atoms with Crippen LogP contribution in [-0.2, 0) is 0 Å². The maximum atomic E-state index is 12.2. The van der Waals surface area contributed by atoms with Crippen LogP contribution in [0.25, 0.3) is 0 Å². The largest absolute Gasteiger partial charge is 0.381 e. The molecule has 0 amide bonds. The summed E-state index contributed by atoms with van der Waals surface area (Å²) in [4.78, 5) is 12.2. The Bertz CT molecular complexity index is 399. The van der Waals surface area contributed by atoms with Crippen molar-refractivity contribution in [1.29, 1.82) is 0 Å². The van der Waals surface area contributed by atoms with E-state index in [9.17, 15) is 4.79 Å². The summed E-state index contributed by atoms with van der Waals surface area (Å²) in [6.07, 6.45) is 4.66. The van der Waals surface area contributed by atoms with E-state index < -0.39 is 0 Å². The van der Waals surface area contributed by atoms with E-state index in [1.165, 1.54) is 12.8 Å². The third kappa shape index (κ3) is 1.36. The Labute approximate surface area is 89.7 Å². The molecule has 3 rings (SSSR count). The summed E-state index contributed by atoms with van der Waals surface area (Å²) in [5, 5.41) is 3.51. The smallest absolute Gasteiger partial charge is 0.170 e. The van der Waals surface area contributed by atoms with Crippen molar-refractivity contribution in [3.8, 4) is 0 Å². The molecule has 0 saturated heterocycles. The number of ketones is 1. The van der Waals surface area contributed by atoms with E-state index in [4.69, 9.17) is 0 Å². The van der Waals surface area contributed by atoms with Gasteiger partial charge in [-0.15, -0.1) is 0 Å². The molecule has 2 heteroatoms. The van der Waals surface area contributed by atoms with E-state index >= 15 is 0 Å². The second kappa shape index (κ2) is 3.37. The number of fused-ring (bicyclic) bond motifs is 2. The molecule has 0 radical (unpaired) electrons. The lowest BCUT2D eigenvalue weighted by Gasteiger charge is -2.36. The molecule has 1 aliphatic carbocycles. The van der Waals surface area contributed by atoms with Crippen molar-refractivity contribution in [3.05, 3.63) is 29.8 Å². The molecule has 0 spiro atoms. The third-order valence-electron chi connectivity index (χ3n) is 3.64. The lowest BCUT2D eigenvalue weighted by Crippen LogP contribution is -2.41. The van der Waals surface area contributed by atoms with Crippen molar-refractivity contribution >= 4 is 11.5 Å². The van der Waals surface area contributed by atoms with Crippen molar-refractivity contribution in [2.45, 2.75) is 31.7 Å². The summed E-state index contributed by atoms with van der Waals surface area (Å²) in [6, 6.07) is 8.28. The highest BCUT2D eigenvalue weighted by Gasteiger charge is 2.36. The lowest BCUT2D eigenvalue weighted by molar-refractivity contribution is 0.0870. The Morgan fingerprint density at radius 1 is 1.13 bits per heavy atom. The number of anilines is 1. The predicted molar refractivity (Wildman–Crippen MR) is 60.1 cm³/mol. The van der Waals surface area contributed by atoms with Gasteiger partial charge in [0.2, 0.25) is 0 Å². The first-order chi connectivity index (χ1) is 7.36. The maximum absolute atomic E-state index is 12.2. The van der Waals surface area contributed by atoms with E-state index in [1.807, 2.05) is 24.3 Å². The van der Waals surface area contributed by atoms with Crippen LogP contribution in [0.4, 0.5) is 5.69 Å². The molecule has 2 aliphatic rings. The number of benzene rings is 1. The number of nitrogens with one attached hydrogen (secondary N) is 1. The highest BCUT2D eigenvalue weighted by molar-refractivity contribution is 6.05. The Hall–Kier alpha value is -1.31. The molecule has 0 bridgehead atoms. The molecule has 1 saturated carbocycles. The average molecular weight is 201 g/mol. The van der Waals surface area contributed by atoms with Crippen LogP contribution in [0.1, 0.15) is 36.0 Å². The summed E-state index contributed by atoms with van der Waals surface area (Å²) in [5.74, 6) is 0.586. The van der Waals surface area contributed by atoms with Gasteiger partial charge in [-0.1, -0.05) is 25.0 Å². The molecule has 1 N–H and O–H groups in total. The second-order valence-electron chi connectivity index (χ2n) is 4.55. The third-order valence-corrected chi connectivity index (χ3v) is 3.64. The molecule has 1 fully saturated rings. The number of hydrogen-bond donors (Lipinski definition) is 1. The van der Waals surface area contributed by atoms with Crippen LogP contribution in [0, 0.1) is 5.92 Å². The first-order valence-corrected chi connectivity index (χ1v) is 5.76. The van der Waals surface area contributed by atoms with Crippen molar-refractivity contribution in [3.63, 3.8) is 0 Å². The molecule has 1 aliphatic heterocycles. The number of carbonyl (C=O) groups excluding carboxylic acids is 1. The van der Waals surface area contributed by atoms with Gasteiger partial charge >= 0.3 is 0 Å². The Morgan fingerprint density at radius 3 is 2.87 bits per heavy atom. The van der Waals surface area contributed by atoms with Gasteiger partial charge in [0, 0.05) is 23.2 Å². The zero-order valence-corrected chi connectivity index (χ0v) is 8.70. The van der Waals surface area contributed by atoms with Crippen LogP contribution in [-0.4, -0.2) is 11.8 Å². The molecule has 1 heterocycles. The van der Waals surface area contributed by atoms with Crippen molar-refractivity contribution in [2.24, 2.45) is 5.92 Å². The highest BCUT2D eigenvalue weighted by Crippen LogP contribution is 2.35. The topological polar surface area (TPSA) is 29.1 Å². The number of para-hydroxylation sites is 1. The maximum Gasteiger partial charge on any atom is 0.170 e. The zero-order chi connectivity index (χ0) is 10.3. The van der Waals surface area contributed by atoms with E-state index in [1.54, 1.807) is 0 Å². The summed E-state index contributed by atoms with van der Waals surface area (Å²) in [7, 11) is 0. The van der Waals surface area contributed by atoms with Gasteiger partial charge in [0.15, 0.2) is 5.78 Å². The summed E-state index contributed by atoms with van der Waals surface area (Å²) >= 11 is 0. The van der Waals surface area contributed by atoms with E-state index in [-0.39, 0.29) is 5.92 Å². The molecule has 2 nitrogen and oxygen atoms in total. The Balaban J connectivity index is 2.02. The molecule has 0 aromatic heterocycles. The van der Waals surface area contributed by atoms with E-state index in [0.29, 0.717) is 11.8 Å². The van der Waals surface area contributed by atoms with Crippen LogP contribution >= 0.6 is 0 Å². The number of rotatable bonds is 0. The zero-order valence-electron chi connectivity index (χ0n) is 8.70. The molecule has 1 aromatic rings. The molecule has 15 heavy (non-hydrogen) atoms. The van der Waals surface area contributed by atoms with Crippen LogP contribution < -0.4 is 5.32 Å². The molecule has 1 aromatic carbocycles. The summed E-state index contributed by atoms with van der Waals surface area (Å²) < 4.78 is 0. The van der Waals surface area contributed by atoms with Gasteiger partial charge in [0.1, 0.15) is 0 Å². The van der Waals surface area contributed by atoms with Crippen molar-refractivity contribution in [2.75, 3.05) is 5.32 Å². The molecular formula is C13H15NO. The van der Waals surface area contributed by atoms with Gasteiger partial charge in [-0.05, 0) is 25.0 Å². The highest BCUT2D eigenvalue weighted by atomic mass is 16.1. The minimum atomic E-state index is 0.230. The van der Waals surface area contributed by atoms with Crippen LogP contribution in [0.2, 0.25) is 0 Å². The van der Waals surface area contributed by atoms with Crippen LogP contribution in [0.15, 0.2) is 24.3 Å². The van der Waals surface area contributed by atoms with Gasteiger partial charge in [-0.2, -0.15) is 0 Å². The van der Waals surface area contributed by atoms with Gasteiger partial charge in [0.05, 0.1) is 0 Å². The Kier molecular flexibility index (Phi) is 2.01. The quantitative estimate of drug-likeness (QED) is 0.699. The fourth-order valence-electron chi connectivity index (χ4n) is 2.84. The second-order valence-corrected chi connectivity index (χ2v) is 4.55. The van der Waals surface area contributed by atoms with E-state index in [2.05, 4.69) is 5.32 Å². The standard InChI is InChI=1S/C13H15NO/c15-13-9-5-1-3-7-11(9)14-12-8-4-2-6-10(12)13/h1,3,5,7,10,12,14H,2,4,6,8H2/t10-,12+/m0/s1. The summed E-state index contributed by atoms with van der Waals surface area (Å²) in [6.45, 7) is 0. The van der Waals surface area contributed by atoms with E-state index in [0.717, 1.165) is 24.1 Å². The minimum absolute atomic E-state index is 0.230. The molecular weight excluding hydrogens is 186 g/mol. The van der Waals surface area contributed by atoms with Gasteiger partial charge < -0.3 is 5.32 Å². The van der Waals surface area contributed by atoms with Crippen LogP contribution in [0.5, 0.6) is 0 Å². The minimum Gasteiger partial charge on any atom is -0.381 e. The average Bonchev–Trinajstić information content (AvgIpc) is 2.30. The summed E-state index contributed by atoms with van der Waals surface area (Å²) in [5.41, 5.74) is 1.92. The fourth-order valence-corrected chi connectivity index (χ4v) is 2.84. The molecule has 0 unspecified atom stereocenters. The Morgan fingerprint density at radius 2 is 1.93 bits per heavy atom. The first kappa shape index (κ1) is 8.96. The monoisotopic (exact) mass is 201 g/mol.